The molecule has 0 radical (unpaired) electrons. The van der Waals surface area contributed by atoms with E-state index in [4.69, 9.17) is 22.9 Å². The number of amides is 9. The lowest BCUT2D eigenvalue weighted by Crippen LogP contribution is -2.62. The topological polar surface area (TPSA) is 379 Å². The number of aliphatic hydroxyl groups excluding tert-OH is 1. The third-order valence-corrected chi connectivity index (χ3v) is 9.66. The van der Waals surface area contributed by atoms with Crippen molar-refractivity contribution >= 4 is 59.1 Å². The Balaban J connectivity index is 3.27. The zero-order chi connectivity index (χ0) is 44.4. The minimum absolute atomic E-state index is 0.0462. The van der Waals surface area contributed by atoms with Crippen molar-refractivity contribution in [1.82, 2.24) is 31.5 Å². The Labute approximate surface area is 337 Å². The number of hydrogen-bond acceptors (Lipinski definition) is 12. The smallest absolute Gasteiger partial charge is 0.326 e. The molecule has 1 heterocycles. The molecule has 22 nitrogen and oxygen atoms in total. The molecule has 0 aromatic carbocycles. The van der Waals surface area contributed by atoms with Crippen LogP contribution in [-0.2, 0) is 47.9 Å². The molecule has 0 saturated carbocycles. The van der Waals surface area contributed by atoms with E-state index >= 15 is 0 Å². The van der Waals surface area contributed by atoms with Crippen LogP contribution in [0.1, 0.15) is 98.8 Å². The van der Waals surface area contributed by atoms with E-state index in [0.717, 1.165) is 4.90 Å². The van der Waals surface area contributed by atoms with Crippen molar-refractivity contribution in [1.29, 1.82) is 0 Å². The van der Waals surface area contributed by atoms with E-state index in [1.165, 1.54) is 6.92 Å². The number of hydrogen-bond donors (Lipinski definition) is 11. The summed E-state index contributed by atoms with van der Waals surface area (Å²) in [4.78, 5) is 128. The average molecular weight is 827 g/mol. The number of carboxylic acid groups (broad SMARTS) is 1. The van der Waals surface area contributed by atoms with Gasteiger partial charge < -0.3 is 64.6 Å². The summed E-state index contributed by atoms with van der Waals surface area (Å²) in [7, 11) is 0. The first-order valence-corrected chi connectivity index (χ1v) is 19.3. The van der Waals surface area contributed by atoms with Gasteiger partial charge in [-0.1, -0.05) is 34.1 Å². The first kappa shape index (κ1) is 50.6. The first-order chi connectivity index (χ1) is 27.0. The molecule has 1 aliphatic heterocycles. The van der Waals surface area contributed by atoms with Gasteiger partial charge in [0.05, 0.1) is 12.1 Å². The molecule has 22 heteroatoms. The Morgan fingerprint density at radius 3 is 1.67 bits per heavy atom. The van der Waals surface area contributed by atoms with E-state index in [1.54, 1.807) is 27.7 Å². The molecule has 58 heavy (non-hydrogen) atoms. The van der Waals surface area contributed by atoms with Gasteiger partial charge in [0, 0.05) is 25.8 Å². The highest BCUT2D eigenvalue weighted by atomic mass is 16.4. The summed E-state index contributed by atoms with van der Waals surface area (Å²) in [6, 6.07) is -9.53. The fourth-order valence-electron chi connectivity index (χ4n) is 6.14. The first-order valence-electron chi connectivity index (χ1n) is 19.3. The van der Waals surface area contributed by atoms with E-state index in [0.29, 0.717) is 12.8 Å². The van der Waals surface area contributed by atoms with Crippen LogP contribution in [0.15, 0.2) is 0 Å². The number of carboxylic acids is 1. The van der Waals surface area contributed by atoms with Crippen molar-refractivity contribution in [3.8, 4) is 0 Å². The molecule has 0 aliphatic carbocycles. The number of carbonyl (C=O) groups is 10. The van der Waals surface area contributed by atoms with Gasteiger partial charge in [-0.05, 0) is 57.3 Å². The van der Waals surface area contributed by atoms with Crippen LogP contribution in [0, 0.1) is 11.8 Å². The highest BCUT2D eigenvalue weighted by Crippen LogP contribution is 2.21. The fraction of sp³-hybridized carbons (Fsp3) is 0.722. The Morgan fingerprint density at radius 2 is 1.17 bits per heavy atom. The Morgan fingerprint density at radius 1 is 0.672 bits per heavy atom. The van der Waals surface area contributed by atoms with Crippen LogP contribution < -0.4 is 49.5 Å². The van der Waals surface area contributed by atoms with Crippen LogP contribution in [0.2, 0.25) is 0 Å². The molecule has 0 bridgehead atoms. The number of carbonyl (C=O) groups excluding carboxylic acids is 9. The summed E-state index contributed by atoms with van der Waals surface area (Å²) in [5.41, 5.74) is 21.5. The predicted molar refractivity (Wildman–Crippen MR) is 206 cm³/mol. The monoisotopic (exact) mass is 826 g/mol. The molecule has 1 saturated heterocycles. The van der Waals surface area contributed by atoms with Crippen molar-refractivity contribution in [2.45, 2.75) is 147 Å². The second-order valence-electron chi connectivity index (χ2n) is 15.1. The van der Waals surface area contributed by atoms with Gasteiger partial charge in [0.2, 0.25) is 53.2 Å². The van der Waals surface area contributed by atoms with Crippen molar-refractivity contribution < 1.29 is 58.2 Å². The van der Waals surface area contributed by atoms with Crippen LogP contribution in [0.4, 0.5) is 0 Å². The maximum absolute atomic E-state index is 13.7. The van der Waals surface area contributed by atoms with Gasteiger partial charge in [0.15, 0.2) is 0 Å². The number of nitrogens with two attached hydrogens (primary N) is 4. The minimum atomic E-state index is -1.67. The standard InChI is InChI=1S/C36H62N10O12/c1-6-18(4)28(33(54)41-21(10-13-26(39)49)31(52)43-23(36(57)58)16-17(2)3)44-34(55)29(19(5)47)45-32(53)24-8-7-15-46(24)35(56)22(11-14-27(40)50)42-30(51)20(37)9-12-25(38)48/h17-24,28-29,47H,6-16,37H2,1-5H3,(H2,38,48)(H2,39,49)(H2,40,50)(H,41,54)(H,42,51)(H,43,52)(H,44,55)(H,45,53)(H,57,58)/t18-,19+,20-,21-,22-,23-,24-,28-,29-/m0/s1. The number of primary amides is 3. The Hall–Kier alpha value is -5.38. The Bertz CT molecular complexity index is 1510. The molecule has 1 rings (SSSR count). The average Bonchev–Trinajstić information content (AvgIpc) is 3.63. The van der Waals surface area contributed by atoms with Gasteiger partial charge >= 0.3 is 5.97 Å². The fourth-order valence-corrected chi connectivity index (χ4v) is 6.14. The van der Waals surface area contributed by atoms with Crippen molar-refractivity contribution in [2.24, 2.45) is 34.8 Å². The lowest BCUT2D eigenvalue weighted by Gasteiger charge is -2.32. The van der Waals surface area contributed by atoms with Gasteiger partial charge in [0.25, 0.3) is 0 Å². The highest BCUT2D eigenvalue weighted by molar-refractivity contribution is 5.97. The number of aliphatic hydroxyl groups is 1. The van der Waals surface area contributed by atoms with Crippen LogP contribution in [0.25, 0.3) is 0 Å². The zero-order valence-corrected chi connectivity index (χ0v) is 33.8. The number of rotatable bonds is 26. The predicted octanol–water partition coefficient (Wildman–Crippen LogP) is -3.92. The summed E-state index contributed by atoms with van der Waals surface area (Å²) >= 11 is 0. The van der Waals surface area contributed by atoms with Crippen molar-refractivity contribution in [3.05, 3.63) is 0 Å². The molecule has 0 spiro atoms. The molecule has 9 amide bonds. The lowest BCUT2D eigenvalue weighted by atomic mass is 9.96. The van der Waals surface area contributed by atoms with E-state index in [1.807, 2.05) is 0 Å². The van der Waals surface area contributed by atoms with Crippen LogP contribution in [0.5, 0.6) is 0 Å². The summed E-state index contributed by atoms with van der Waals surface area (Å²) in [5, 5.41) is 32.5. The molecule has 15 N–H and O–H groups in total. The molecule has 0 aromatic heterocycles. The maximum Gasteiger partial charge on any atom is 0.326 e. The third-order valence-electron chi connectivity index (χ3n) is 9.66. The number of nitrogens with one attached hydrogen (secondary N) is 5. The minimum Gasteiger partial charge on any atom is -0.480 e. The Kier molecular flexibility index (Phi) is 21.3. The molecular weight excluding hydrogens is 764 g/mol. The van der Waals surface area contributed by atoms with Gasteiger partial charge in [-0.15, -0.1) is 0 Å². The van der Waals surface area contributed by atoms with Crippen molar-refractivity contribution in [2.75, 3.05) is 6.54 Å². The van der Waals surface area contributed by atoms with Gasteiger partial charge in [-0.2, -0.15) is 0 Å². The molecule has 328 valence electrons. The molecule has 1 fully saturated rings. The SMILES string of the molecule is CC[C@H](C)[C@H](NC(=O)[C@@H](NC(=O)[C@@H]1CCCN1C(=O)[C@H](CCC(N)=O)NC(=O)[C@@H](N)CCC(N)=O)[C@@H](C)O)C(=O)N[C@@H](CCC(N)=O)C(=O)N[C@@H](CC(C)C)C(=O)O. The van der Waals surface area contributed by atoms with Crippen LogP contribution in [-0.4, -0.2) is 129 Å². The quantitative estimate of drug-likeness (QED) is 0.0398. The summed E-state index contributed by atoms with van der Waals surface area (Å²) < 4.78 is 0. The molecule has 1 aliphatic rings. The molecule has 0 aromatic rings. The van der Waals surface area contributed by atoms with Crippen LogP contribution >= 0.6 is 0 Å². The third kappa shape index (κ3) is 17.0. The van der Waals surface area contributed by atoms with E-state index < -0.39 is 113 Å². The van der Waals surface area contributed by atoms with Crippen LogP contribution in [0.3, 0.4) is 0 Å². The zero-order valence-electron chi connectivity index (χ0n) is 33.8. The number of likely N-dealkylation sites (tertiary alicyclic amines) is 1. The highest BCUT2D eigenvalue weighted by Gasteiger charge is 2.41. The van der Waals surface area contributed by atoms with Gasteiger partial charge in [-0.25, -0.2) is 4.79 Å². The number of aliphatic carboxylic acids is 1. The largest absolute Gasteiger partial charge is 0.480 e. The molecule has 0 unspecified atom stereocenters. The summed E-state index contributed by atoms with van der Waals surface area (Å²) in [6.07, 6.45) is -2.22. The van der Waals surface area contributed by atoms with Crippen molar-refractivity contribution in [3.63, 3.8) is 0 Å². The van der Waals surface area contributed by atoms with E-state index in [9.17, 15) is 58.2 Å². The number of nitrogens with zero attached hydrogens (tertiary/aromatic N) is 1. The van der Waals surface area contributed by atoms with Gasteiger partial charge in [0.1, 0.15) is 36.3 Å². The van der Waals surface area contributed by atoms with Gasteiger partial charge in [-0.3, -0.25) is 43.2 Å². The van der Waals surface area contributed by atoms with E-state index in [2.05, 4.69) is 26.6 Å². The van der Waals surface area contributed by atoms with E-state index in [-0.39, 0.29) is 63.8 Å². The molecule has 9 atom stereocenters. The second kappa shape index (κ2) is 24.4. The normalized spacial score (nSPS) is 17.9. The summed E-state index contributed by atoms with van der Waals surface area (Å²) in [5.74, 6) is -9.49. The second-order valence-corrected chi connectivity index (χ2v) is 15.1. The maximum atomic E-state index is 13.7. The lowest BCUT2D eigenvalue weighted by molar-refractivity contribution is -0.143. The molecular formula is C36H62N10O12. The summed E-state index contributed by atoms with van der Waals surface area (Å²) in [6.45, 7) is 8.08.